The number of carbonyl (C=O) groups excluding carboxylic acids is 2. The molecule has 7 heteroatoms. The van der Waals surface area contributed by atoms with E-state index in [1.165, 1.54) is 7.11 Å². The summed E-state index contributed by atoms with van der Waals surface area (Å²) in [5, 5.41) is 3.59. The van der Waals surface area contributed by atoms with Crippen LogP contribution >= 0.6 is 0 Å². The molecule has 1 atom stereocenters. The van der Waals surface area contributed by atoms with Crippen LogP contribution in [0.3, 0.4) is 0 Å². The first kappa shape index (κ1) is 26.3. The molecule has 7 nitrogen and oxygen atoms in total. The molecule has 1 amide bonds. The zero-order chi connectivity index (χ0) is 28.6. The zero-order valence-corrected chi connectivity index (χ0v) is 23.1. The highest BCUT2D eigenvalue weighted by atomic mass is 16.6. The standard InChI is InChI=1S/C34H30N2O5/c1-21-9-18-28-29(36-33(38)40-22(2)23-7-5-4-6-8-23)30(41-31(28)35-21)26-12-10-24(11-13-26)25-14-16-27(17-15-25)34(19-20-34)32(37)39-3/h4-18,22H,19-20H2,1-3H3,(H,36,38)/t22-/m1/s1. The van der Waals surface area contributed by atoms with Gasteiger partial charge in [-0.25, -0.2) is 9.78 Å². The van der Waals surface area contributed by atoms with E-state index in [0.717, 1.165) is 46.4 Å². The van der Waals surface area contributed by atoms with Crippen LogP contribution in [0.2, 0.25) is 0 Å². The number of furan rings is 1. The highest BCUT2D eigenvalue weighted by Gasteiger charge is 2.52. The van der Waals surface area contributed by atoms with Gasteiger partial charge in [-0.05, 0) is 61.1 Å². The van der Waals surface area contributed by atoms with Crippen LogP contribution in [0.4, 0.5) is 10.5 Å². The van der Waals surface area contributed by atoms with Gasteiger partial charge in [-0.2, -0.15) is 0 Å². The summed E-state index contributed by atoms with van der Waals surface area (Å²) < 4.78 is 16.9. The molecule has 0 unspecified atom stereocenters. The lowest BCUT2D eigenvalue weighted by molar-refractivity contribution is -0.143. The molecule has 0 bridgehead atoms. The normalized spacial score (nSPS) is 14.3. The summed E-state index contributed by atoms with van der Waals surface area (Å²) in [5.74, 6) is 0.325. The van der Waals surface area contributed by atoms with Gasteiger partial charge in [-0.1, -0.05) is 78.9 Å². The SMILES string of the molecule is COC(=O)C1(c2ccc(-c3ccc(-c4oc5nc(C)ccc5c4NC(=O)O[C@H](C)c4ccccc4)cc3)cc2)CC1. The molecule has 3 aromatic carbocycles. The Labute approximate surface area is 238 Å². The number of nitrogens with zero attached hydrogens (tertiary/aromatic N) is 1. The number of nitrogens with one attached hydrogen (secondary N) is 1. The molecule has 1 fully saturated rings. The maximum atomic E-state index is 13.0. The molecular weight excluding hydrogens is 516 g/mol. The number of amides is 1. The van der Waals surface area contributed by atoms with Crippen molar-refractivity contribution in [1.29, 1.82) is 0 Å². The third-order valence-electron chi connectivity index (χ3n) is 7.72. The van der Waals surface area contributed by atoms with E-state index in [9.17, 15) is 9.59 Å². The first-order valence-electron chi connectivity index (χ1n) is 13.6. The summed E-state index contributed by atoms with van der Waals surface area (Å²) in [5.41, 5.74) is 5.97. The van der Waals surface area contributed by atoms with Crippen LogP contribution in [0.15, 0.2) is 95.4 Å². The first-order chi connectivity index (χ1) is 19.9. The van der Waals surface area contributed by atoms with E-state index in [4.69, 9.17) is 13.9 Å². The fourth-order valence-corrected chi connectivity index (χ4v) is 5.21. The summed E-state index contributed by atoms with van der Waals surface area (Å²) >= 11 is 0. The molecule has 0 saturated heterocycles. The molecule has 41 heavy (non-hydrogen) atoms. The van der Waals surface area contributed by atoms with Gasteiger partial charge in [0.15, 0.2) is 5.76 Å². The Balaban J connectivity index is 1.26. The monoisotopic (exact) mass is 546 g/mol. The molecule has 1 aliphatic carbocycles. The number of pyridine rings is 1. The number of benzene rings is 3. The topological polar surface area (TPSA) is 90.7 Å². The molecule has 0 aliphatic heterocycles. The van der Waals surface area contributed by atoms with Crippen molar-refractivity contribution >= 4 is 28.8 Å². The lowest BCUT2D eigenvalue weighted by Gasteiger charge is -2.14. The van der Waals surface area contributed by atoms with Gasteiger partial charge in [-0.3, -0.25) is 10.1 Å². The predicted molar refractivity (Wildman–Crippen MR) is 158 cm³/mol. The number of hydrogen-bond donors (Lipinski definition) is 1. The smallest absolute Gasteiger partial charge is 0.412 e. The minimum Gasteiger partial charge on any atom is -0.468 e. The van der Waals surface area contributed by atoms with Crippen LogP contribution < -0.4 is 5.32 Å². The van der Waals surface area contributed by atoms with Gasteiger partial charge in [0.25, 0.3) is 0 Å². The van der Waals surface area contributed by atoms with Crippen LogP contribution in [0, 0.1) is 6.92 Å². The van der Waals surface area contributed by atoms with Crippen LogP contribution in [0.1, 0.15) is 42.7 Å². The summed E-state index contributed by atoms with van der Waals surface area (Å²) in [7, 11) is 1.44. The first-order valence-corrected chi connectivity index (χ1v) is 13.6. The molecule has 206 valence electrons. The van der Waals surface area contributed by atoms with E-state index in [0.29, 0.717) is 22.5 Å². The second kappa shape index (κ2) is 10.6. The van der Waals surface area contributed by atoms with E-state index in [1.807, 2.05) is 105 Å². The lowest BCUT2D eigenvalue weighted by Crippen LogP contribution is -2.21. The number of esters is 1. The zero-order valence-electron chi connectivity index (χ0n) is 23.1. The Kier molecular flexibility index (Phi) is 6.79. The van der Waals surface area contributed by atoms with Gasteiger partial charge >= 0.3 is 12.1 Å². The van der Waals surface area contributed by atoms with Gasteiger partial charge in [0.05, 0.1) is 17.9 Å². The van der Waals surface area contributed by atoms with Crippen molar-refractivity contribution in [2.45, 2.75) is 38.2 Å². The molecule has 1 N–H and O–H groups in total. The Hall–Kier alpha value is -4.91. The summed E-state index contributed by atoms with van der Waals surface area (Å²) in [6, 6.07) is 29.3. The molecule has 5 aromatic rings. The number of hydrogen-bond acceptors (Lipinski definition) is 6. The molecule has 1 saturated carbocycles. The largest absolute Gasteiger partial charge is 0.468 e. The Bertz CT molecular complexity index is 1720. The van der Waals surface area contributed by atoms with Crippen molar-refractivity contribution in [1.82, 2.24) is 4.98 Å². The molecular formula is C34H30N2O5. The average Bonchev–Trinajstić information content (AvgIpc) is 3.75. The van der Waals surface area contributed by atoms with Crippen molar-refractivity contribution in [3.63, 3.8) is 0 Å². The number of rotatable bonds is 7. The second-order valence-corrected chi connectivity index (χ2v) is 10.4. The van der Waals surface area contributed by atoms with Crippen molar-refractivity contribution in [2.75, 3.05) is 12.4 Å². The van der Waals surface area contributed by atoms with Gasteiger partial charge in [0.1, 0.15) is 11.8 Å². The fraction of sp³-hybridized carbons (Fsp3) is 0.206. The van der Waals surface area contributed by atoms with Crippen molar-refractivity contribution in [3.8, 4) is 22.5 Å². The van der Waals surface area contributed by atoms with Crippen molar-refractivity contribution < 1.29 is 23.5 Å². The third kappa shape index (κ3) is 5.07. The molecule has 6 rings (SSSR count). The van der Waals surface area contributed by atoms with Gasteiger partial charge < -0.3 is 13.9 Å². The van der Waals surface area contributed by atoms with Crippen LogP contribution in [-0.2, 0) is 19.7 Å². The number of anilines is 1. The van der Waals surface area contributed by atoms with E-state index in [2.05, 4.69) is 10.3 Å². The lowest BCUT2D eigenvalue weighted by atomic mass is 9.93. The molecule has 2 aromatic heterocycles. The fourth-order valence-electron chi connectivity index (χ4n) is 5.21. The van der Waals surface area contributed by atoms with E-state index >= 15 is 0 Å². The summed E-state index contributed by atoms with van der Waals surface area (Å²) in [6.07, 6.45) is 0.623. The Morgan fingerprint density at radius 1 is 0.878 bits per heavy atom. The van der Waals surface area contributed by atoms with Crippen molar-refractivity contribution in [2.24, 2.45) is 0 Å². The molecule has 0 radical (unpaired) electrons. The van der Waals surface area contributed by atoms with Crippen LogP contribution in [0.5, 0.6) is 0 Å². The average molecular weight is 547 g/mol. The maximum absolute atomic E-state index is 13.0. The number of methoxy groups -OCH3 is 1. The third-order valence-corrected chi connectivity index (χ3v) is 7.72. The van der Waals surface area contributed by atoms with E-state index in [1.54, 1.807) is 0 Å². The van der Waals surface area contributed by atoms with E-state index in [-0.39, 0.29) is 5.97 Å². The predicted octanol–water partition coefficient (Wildman–Crippen LogP) is 7.98. The van der Waals surface area contributed by atoms with Crippen LogP contribution in [0.25, 0.3) is 33.6 Å². The van der Waals surface area contributed by atoms with Gasteiger partial charge in [0.2, 0.25) is 5.71 Å². The number of aromatic nitrogens is 1. The number of aryl methyl sites for hydroxylation is 1. The number of carbonyl (C=O) groups is 2. The number of fused-ring (bicyclic) bond motifs is 1. The molecule has 2 heterocycles. The quantitative estimate of drug-likeness (QED) is 0.208. The molecule has 1 aliphatic rings. The highest BCUT2D eigenvalue weighted by Crippen LogP contribution is 2.49. The summed E-state index contributed by atoms with van der Waals surface area (Å²) in [6.45, 7) is 3.72. The minimum atomic E-state index is -0.581. The highest BCUT2D eigenvalue weighted by molar-refractivity contribution is 6.04. The Morgan fingerprint density at radius 3 is 2.15 bits per heavy atom. The Morgan fingerprint density at radius 2 is 1.51 bits per heavy atom. The second-order valence-electron chi connectivity index (χ2n) is 10.4. The van der Waals surface area contributed by atoms with Gasteiger partial charge in [-0.15, -0.1) is 0 Å². The minimum absolute atomic E-state index is 0.173. The molecule has 0 spiro atoms. The van der Waals surface area contributed by atoms with Gasteiger partial charge in [0, 0.05) is 11.3 Å². The maximum Gasteiger partial charge on any atom is 0.412 e. The summed E-state index contributed by atoms with van der Waals surface area (Å²) in [4.78, 5) is 29.7. The van der Waals surface area contributed by atoms with Crippen molar-refractivity contribution in [3.05, 3.63) is 108 Å². The van der Waals surface area contributed by atoms with E-state index < -0.39 is 17.6 Å². The van der Waals surface area contributed by atoms with Crippen LogP contribution in [-0.4, -0.2) is 24.2 Å². The number of ether oxygens (including phenoxy) is 2.